The van der Waals surface area contributed by atoms with Crippen molar-refractivity contribution in [3.63, 3.8) is 0 Å². The first kappa shape index (κ1) is 24.5. The zero-order chi connectivity index (χ0) is 26.8. The van der Waals surface area contributed by atoms with E-state index in [1.54, 1.807) is 45.0 Å². The Balaban J connectivity index is 1.29. The maximum Gasteiger partial charge on any atom is 0.339 e. The SMILES string of the molecule is CC(C)(C)C(=O)COC(=O)c1cc(-c2ccc(N3C(=O)C4C5CCC(C5)C4C3=O)cc2)nc2ccccc12. The molecule has 0 radical (unpaired) electrons. The largest absolute Gasteiger partial charge is 0.454 e. The molecular formula is C31H30N2O5. The number of para-hydroxylation sites is 1. The number of imide groups is 1. The minimum Gasteiger partial charge on any atom is -0.454 e. The fraction of sp³-hybridized carbons (Fsp3) is 0.387. The van der Waals surface area contributed by atoms with Gasteiger partial charge in [0, 0.05) is 16.4 Å². The number of carbonyl (C=O) groups excluding carboxylic acids is 4. The number of pyridine rings is 1. The minimum atomic E-state index is -0.607. The van der Waals surface area contributed by atoms with Gasteiger partial charge in [-0.15, -0.1) is 0 Å². The Labute approximate surface area is 221 Å². The highest BCUT2D eigenvalue weighted by molar-refractivity contribution is 6.22. The number of amides is 2. The van der Waals surface area contributed by atoms with Crippen molar-refractivity contribution in [3.8, 4) is 11.3 Å². The Kier molecular flexibility index (Phi) is 5.70. The lowest BCUT2D eigenvalue weighted by molar-refractivity contribution is -0.129. The van der Waals surface area contributed by atoms with Crippen LogP contribution >= 0.6 is 0 Å². The highest BCUT2D eigenvalue weighted by Gasteiger charge is 2.61. The second kappa shape index (κ2) is 8.86. The molecule has 4 unspecified atom stereocenters. The first-order valence-corrected chi connectivity index (χ1v) is 13.2. The van der Waals surface area contributed by atoms with Crippen LogP contribution in [0.25, 0.3) is 22.2 Å². The summed E-state index contributed by atoms with van der Waals surface area (Å²) < 4.78 is 5.39. The summed E-state index contributed by atoms with van der Waals surface area (Å²) in [6.07, 6.45) is 3.09. The third-order valence-corrected chi connectivity index (χ3v) is 8.46. The molecule has 3 fully saturated rings. The number of benzene rings is 2. The normalized spacial score (nSPS) is 24.2. The van der Waals surface area contributed by atoms with Crippen LogP contribution in [0.5, 0.6) is 0 Å². The lowest BCUT2D eigenvalue weighted by Crippen LogP contribution is -2.32. The lowest BCUT2D eigenvalue weighted by atomic mass is 9.81. The molecule has 3 aromatic rings. The number of ether oxygens (including phenoxy) is 1. The second-order valence-corrected chi connectivity index (χ2v) is 11.8. The number of fused-ring (bicyclic) bond motifs is 6. The van der Waals surface area contributed by atoms with Gasteiger partial charge in [-0.3, -0.25) is 19.3 Å². The van der Waals surface area contributed by atoms with E-state index < -0.39 is 11.4 Å². The van der Waals surface area contributed by atoms with Crippen molar-refractivity contribution in [2.24, 2.45) is 29.1 Å². The topological polar surface area (TPSA) is 93.6 Å². The Bertz CT molecular complexity index is 1460. The van der Waals surface area contributed by atoms with E-state index in [4.69, 9.17) is 9.72 Å². The number of carbonyl (C=O) groups is 4. The van der Waals surface area contributed by atoms with Crippen molar-refractivity contribution < 1.29 is 23.9 Å². The molecule has 2 amide bonds. The first-order valence-electron chi connectivity index (χ1n) is 13.2. The van der Waals surface area contributed by atoms with Crippen LogP contribution < -0.4 is 4.90 Å². The average Bonchev–Trinajstić information content (AvgIpc) is 3.59. The van der Waals surface area contributed by atoms with Gasteiger partial charge in [0.05, 0.1) is 34.3 Å². The van der Waals surface area contributed by atoms with Crippen molar-refractivity contribution in [1.29, 1.82) is 0 Å². The molecule has 2 bridgehead atoms. The Morgan fingerprint density at radius 3 is 2.21 bits per heavy atom. The third-order valence-electron chi connectivity index (χ3n) is 8.46. The van der Waals surface area contributed by atoms with Crippen molar-refractivity contribution in [3.05, 3.63) is 60.2 Å². The first-order chi connectivity index (χ1) is 18.1. The van der Waals surface area contributed by atoms with E-state index in [2.05, 4.69) is 0 Å². The van der Waals surface area contributed by atoms with Crippen molar-refractivity contribution in [1.82, 2.24) is 4.98 Å². The number of ketones is 1. The molecular weight excluding hydrogens is 480 g/mol. The van der Waals surface area contributed by atoms with Crippen LogP contribution in [0.15, 0.2) is 54.6 Å². The molecule has 3 aliphatic rings. The van der Waals surface area contributed by atoms with E-state index in [1.165, 1.54) is 4.90 Å². The lowest BCUT2D eigenvalue weighted by Gasteiger charge is -2.19. The Morgan fingerprint density at radius 1 is 0.947 bits per heavy atom. The van der Waals surface area contributed by atoms with E-state index in [0.717, 1.165) is 24.8 Å². The smallest absolute Gasteiger partial charge is 0.339 e. The molecule has 1 saturated heterocycles. The molecule has 7 nitrogen and oxygen atoms in total. The average molecular weight is 511 g/mol. The Hall–Kier alpha value is -3.87. The molecule has 1 aliphatic heterocycles. The predicted molar refractivity (Wildman–Crippen MR) is 142 cm³/mol. The van der Waals surface area contributed by atoms with E-state index in [-0.39, 0.29) is 36.0 Å². The third kappa shape index (κ3) is 3.92. The van der Waals surface area contributed by atoms with Gasteiger partial charge in [-0.1, -0.05) is 51.1 Å². The van der Waals surface area contributed by atoms with Crippen molar-refractivity contribution >= 4 is 40.2 Å². The molecule has 194 valence electrons. The maximum absolute atomic E-state index is 13.2. The summed E-state index contributed by atoms with van der Waals surface area (Å²) in [5.74, 6) is -0.550. The molecule has 2 aromatic carbocycles. The summed E-state index contributed by atoms with van der Waals surface area (Å²) in [7, 11) is 0. The molecule has 1 aromatic heterocycles. The van der Waals surface area contributed by atoms with Crippen molar-refractivity contribution in [2.75, 3.05) is 11.5 Å². The molecule has 2 aliphatic carbocycles. The molecule has 38 heavy (non-hydrogen) atoms. The van der Waals surface area contributed by atoms with Gasteiger partial charge in [-0.05, 0) is 55.4 Å². The summed E-state index contributed by atoms with van der Waals surface area (Å²) in [5.41, 5.74) is 2.20. The summed E-state index contributed by atoms with van der Waals surface area (Å²) in [6.45, 7) is 5.05. The molecule has 4 atom stereocenters. The van der Waals surface area contributed by atoms with E-state index >= 15 is 0 Å². The van der Waals surface area contributed by atoms with Gasteiger partial charge >= 0.3 is 5.97 Å². The fourth-order valence-corrected chi connectivity index (χ4v) is 6.36. The van der Waals surface area contributed by atoms with Crippen LogP contribution in [0.4, 0.5) is 5.69 Å². The zero-order valence-electron chi connectivity index (χ0n) is 21.8. The van der Waals surface area contributed by atoms with Gasteiger partial charge in [0.15, 0.2) is 12.4 Å². The van der Waals surface area contributed by atoms with Gasteiger partial charge in [0.1, 0.15) is 0 Å². The summed E-state index contributed by atoms with van der Waals surface area (Å²) in [5, 5.41) is 0.635. The molecule has 6 rings (SSSR count). The number of esters is 1. The van der Waals surface area contributed by atoms with Crippen LogP contribution in [-0.2, 0) is 19.1 Å². The van der Waals surface area contributed by atoms with Gasteiger partial charge in [0.25, 0.3) is 0 Å². The number of anilines is 1. The predicted octanol–water partition coefficient (Wildman–Crippen LogP) is 5.21. The van der Waals surface area contributed by atoms with Crippen molar-refractivity contribution in [2.45, 2.75) is 40.0 Å². The van der Waals surface area contributed by atoms with Gasteiger partial charge in [-0.25, -0.2) is 9.78 Å². The van der Waals surface area contributed by atoms with E-state index in [1.807, 2.05) is 30.3 Å². The highest BCUT2D eigenvalue weighted by atomic mass is 16.5. The second-order valence-electron chi connectivity index (χ2n) is 11.8. The standard InChI is InChI=1S/C31H30N2O5/c1-31(2,3)25(34)16-38-30(37)22-15-24(32-23-7-5-4-6-21(22)23)17-10-12-20(13-11-17)33-28(35)26-18-8-9-19(14-18)27(26)29(33)36/h4-7,10-13,15,18-19,26-27H,8-9,14,16H2,1-3H3. The van der Waals surface area contributed by atoms with Crippen LogP contribution in [0, 0.1) is 29.1 Å². The monoisotopic (exact) mass is 510 g/mol. The fourth-order valence-electron chi connectivity index (χ4n) is 6.36. The Morgan fingerprint density at radius 2 is 1.58 bits per heavy atom. The summed E-state index contributed by atoms with van der Waals surface area (Å²) >= 11 is 0. The van der Waals surface area contributed by atoms with E-state index in [0.29, 0.717) is 39.7 Å². The highest BCUT2D eigenvalue weighted by Crippen LogP contribution is 2.56. The molecule has 0 N–H and O–H groups in total. The number of hydrogen-bond donors (Lipinski definition) is 0. The van der Waals surface area contributed by atoms with E-state index in [9.17, 15) is 19.2 Å². The van der Waals surface area contributed by atoms with Crippen LogP contribution in [0.1, 0.15) is 50.4 Å². The zero-order valence-corrected chi connectivity index (χ0v) is 21.8. The summed E-state index contributed by atoms with van der Waals surface area (Å²) in [6, 6.07) is 16.1. The molecule has 0 spiro atoms. The summed E-state index contributed by atoms with van der Waals surface area (Å²) in [4.78, 5) is 57.8. The number of hydrogen-bond acceptors (Lipinski definition) is 6. The van der Waals surface area contributed by atoms with Gasteiger partial charge < -0.3 is 4.74 Å². The quantitative estimate of drug-likeness (QED) is 0.346. The molecule has 2 saturated carbocycles. The van der Waals surface area contributed by atoms with Crippen LogP contribution in [0.3, 0.4) is 0 Å². The van der Waals surface area contributed by atoms with Crippen LogP contribution in [0.2, 0.25) is 0 Å². The van der Waals surface area contributed by atoms with Gasteiger partial charge in [0.2, 0.25) is 11.8 Å². The van der Waals surface area contributed by atoms with Crippen LogP contribution in [-0.4, -0.2) is 35.2 Å². The maximum atomic E-state index is 13.2. The number of aromatic nitrogens is 1. The molecule has 7 heteroatoms. The number of rotatable bonds is 5. The number of Topliss-reactive ketones (excluding diaryl/α,β-unsaturated/α-hetero) is 1. The molecule has 2 heterocycles. The number of nitrogens with zero attached hydrogens (tertiary/aromatic N) is 2. The van der Waals surface area contributed by atoms with Gasteiger partial charge in [-0.2, -0.15) is 0 Å². The minimum absolute atomic E-state index is 0.0707.